The standard InChI is InChI=1S/C15H14N2OS/c1-9-7-11(16-10(9)2)8-14-15(18)17-12-5-3-4-6-13(12)19-14/h3-8,16H,1-2H3,(H,17,18)/b14-8-. The van der Waals surface area contributed by atoms with Crippen molar-refractivity contribution in [2.45, 2.75) is 18.7 Å². The summed E-state index contributed by atoms with van der Waals surface area (Å²) in [5.74, 6) is -0.0476. The predicted molar refractivity (Wildman–Crippen MR) is 79.2 cm³/mol. The normalized spacial score (nSPS) is 16.3. The van der Waals surface area contributed by atoms with E-state index in [-0.39, 0.29) is 5.91 Å². The number of para-hydroxylation sites is 1. The molecule has 0 aliphatic carbocycles. The molecule has 2 N–H and O–H groups in total. The van der Waals surface area contributed by atoms with E-state index in [1.165, 1.54) is 17.3 Å². The molecule has 0 atom stereocenters. The van der Waals surface area contributed by atoms with Crippen molar-refractivity contribution >= 4 is 29.4 Å². The van der Waals surface area contributed by atoms with Crippen LogP contribution in [0.2, 0.25) is 0 Å². The Labute approximate surface area is 116 Å². The van der Waals surface area contributed by atoms with Gasteiger partial charge in [-0.3, -0.25) is 4.79 Å². The fourth-order valence-corrected chi connectivity index (χ4v) is 2.96. The van der Waals surface area contributed by atoms with Crippen molar-refractivity contribution in [3.8, 4) is 0 Å². The molecule has 1 aromatic carbocycles. The lowest BCUT2D eigenvalue weighted by Crippen LogP contribution is -2.17. The molecular weight excluding hydrogens is 256 g/mol. The summed E-state index contributed by atoms with van der Waals surface area (Å²) in [7, 11) is 0. The van der Waals surface area contributed by atoms with Crippen LogP contribution < -0.4 is 5.32 Å². The number of benzene rings is 1. The number of fused-ring (bicyclic) bond motifs is 1. The number of carbonyl (C=O) groups is 1. The number of carbonyl (C=O) groups excluding carboxylic acids is 1. The van der Waals surface area contributed by atoms with Crippen LogP contribution in [0.4, 0.5) is 5.69 Å². The second kappa shape index (κ2) is 4.63. The highest BCUT2D eigenvalue weighted by atomic mass is 32.2. The molecule has 0 spiro atoms. The highest BCUT2D eigenvalue weighted by Gasteiger charge is 2.20. The summed E-state index contributed by atoms with van der Waals surface area (Å²) < 4.78 is 0. The Hall–Kier alpha value is -1.94. The molecule has 0 saturated carbocycles. The molecule has 0 radical (unpaired) electrons. The molecule has 1 aromatic heterocycles. The quantitative estimate of drug-likeness (QED) is 0.776. The third-order valence-electron chi connectivity index (χ3n) is 3.16. The summed E-state index contributed by atoms with van der Waals surface area (Å²) in [5.41, 5.74) is 4.18. The van der Waals surface area contributed by atoms with Gasteiger partial charge < -0.3 is 10.3 Å². The first-order chi connectivity index (χ1) is 9.13. The second-order valence-electron chi connectivity index (χ2n) is 4.59. The van der Waals surface area contributed by atoms with Gasteiger partial charge >= 0.3 is 0 Å². The molecular formula is C15H14N2OS. The summed E-state index contributed by atoms with van der Waals surface area (Å²) in [6, 6.07) is 9.88. The van der Waals surface area contributed by atoms with Gasteiger partial charge in [0.1, 0.15) is 0 Å². The van der Waals surface area contributed by atoms with E-state index >= 15 is 0 Å². The first-order valence-corrected chi connectivity index (χ1v) is 6.91. The molecule has 96 valence electrons. The van der Waals surface area contributed by atoms with Crippen LogP contribution >= 0.6 is 11.8 Å². The zero-order valence-corrected chi connectivity index (χ0v) is 11.6. The molecule has 0 unspecified atom stereocenters. The Balaban J connectivity index is 1.96. The Morgan fingerprint density at radius 3 is 2.74 bits per heavy atom. The molecule has 19 heavy (non-hydrogen) atoms. The van der Waals surface area contributed by atoms with Crippen LogP contribution in [0.15, 0.2) is 40.1 Å². The van der Waals surface area contributed by atoms with E-state index in [0.29, 0.717) is 4.91 Å². The van der Waals surface area contributed by atoms with E-state index in [1.54, 1.807) is 0 Å². The minimum atomic E-state index is -0.0476. The van der Waals surface area contributed by atoms with Crippen molar-refractivity contribution in [1.29, 1.82) is 0 Å². The Morgan fingerprint density at radius 1 is 1.21 bits per heavy atom. The summed E-state index contributed by atoms with van der Waals surface area (Å²) in [6.07, 6.45) is 1.90. The zero-order valence-electron chi connectivity index (χ0n) is 10.8. The first-order valence-electron chi connectivity index (χ1n) is 6.09. The summed E-state index contributed by atoms with van der Waals surface area (Å²) in [5, 5.41) is 2.91. The smallest absolute Gasteiger partial charge is 0.262 e. The van der Waals surface area contributed by atoms with E-state index in [0.717, 1.165) is 22.0 Å². The van der Waals surface area contributed by atoms with Gasteiger partial charge in [-0.05, 0) is 43.7 Å². The fourth-order valence-electron chi connectivity index (χ4n) is 2.01. The SMILES string of the molecule is Cc1cc(/C=C2\Sc3ccccc3NC2=O)[nH]c1C. The van der Waals surface area contributed by atoms with Gasteiger partial charge in [-0.25, -0.2) is 0 Å². The highest BCUT2D eigenvalue weighted by molar-refractivity contribution is 8.04. The predicted octanol–water partition coefficient (Wildman–Crippen LogP) is 3.72. The van der Waals surface area contributed by atoms with E-state index in [4.69, 9.17) is 0 Å². The van der Waals surface area contributed by atoms with Gasteiger partial charge in [-0.1, -0.05) is 23.9 Å². The molecule has 3 rings (SSSR count). The van der Waals surface area contributed by atoms with Crippen LogP contribution in [0, 0.1) is 13.8 Å². The maximum Gasteiger partial charge on any atom is 0.262 e. The number of H-pyrrole nitrogens is 1. The van der Waals surface area contributed by atoms with E-state index in [1.807, 2.05) is 37.3 Å². The minimum absolute atomic E-state index is 0.0476. The molecule has 0 fully saturated rings. The summed E-state index contributed by atoms with van der Waals surface area (Å²) >= 11 is 1.50. The number of rotatable bonds is 1. The van der Waals surface area contributed by atoms with Crippen LogP contribution in [0.3, 0.4) is 0 Å². The average Bonchev–Trinajstić information content (AvgIpc) is 2.69. The third kappa shape index (κ3) is 2.31. The third-order valence-corrected chi connectivity index (χ3v) is 4.26. The second-order valence-corrected chi connectivity index (χ2v) is 5.68. The first kappa shape index (κ1) is 12.1. The van der Waals surface area contributed by atoms with Crippen molar-refractivity contribution < 1.29 is 4.79 Å². The largest absolute Gasteiger partial charge is 0.359 e. The monoisotopic (exact) mass is 270 g/mol. The number of hydrogen-bond donors (Lipinski definition) is 2. The van der Waals surface area contributed by atoms with Crippen LogP contribution in [0.1, 0.15) is 17.0 Å². The molecule has 1 aliphatic heterocycles. The molecule has 4 heteroatoms. The number of anilines is 1. The van der Waals surface area contributed by atoms with Crippen LogP contribution in [-0.4, -0.2) is 10.9 Å². The van der Waals surface area contributed by atoms with Crippen LogP contribution in [0.25, 0.3) is 6.08 Å². The van der Waals surface area contributed by atoms with E-state index in [2.05, 4.69) is 23.3 Å². The van der Waals surface area contributed by atoms with Crippen molar-refractivity contribution in [2.75, 3.05) is 5.32 Å². The van der Waals surface area contributed by atoms with Crippen molar-refractivity contribution in [2.24, 2.45) is 0 Å². The van der Waals surface area contributed by atoms with Crippen molar-refractivity contribution in [3.05, 3.63) is 52.2 Å². The Bertz CT molecular complexity index is 666. The van der Waals surface area contributed by atoms with Gasteiger partial charge in [0.2, 0.25) is 0 Å². The van der Waals surface area contributed by atoms with Crippen LogP contribution in [-0.2, 0) is 4.79 Å². The van der Waals surface area contributed by atoms with Gasteiger partial charge in [-0.2, -0.15) is 0 Å². The van der Waals surface area contributed by atoms with E-state index < -0.39 is 0 Å². The number of aryl methyl sites for hydroxylation is 2. The Kier molecular flexibility index (Phi) is 2.95. The number of aromatic amines is 1. The van der Waals surface area contributed by atoms with Gasteiger partial charge in [0, 0.05) is 16.3 Å². The van der Waals surface area contributed by atoms with Crippen molar-refractivity contribution in [1.82, 2.24) is 4.98 Å². The molecule has 2 heterocycles. The van der Waals surface area contributed by atoms with Gasteiger partial charge in [0.25, 0.3) is 5.91 Å². The topological polar surface area (TPSA) is 44.9 Å². The molecule has 1 aliphatic rings. The summed E-state index contributed by atoms with van der Waals surface area (Å²) in [4.78, 5) is 17.1. The van der Waals surface area contributed by atoms with Gasteiger partial charge in [-0.15, -0.1) is 0 Å². The number of thioether (sulfide) groups is 1. The number of hydrogen-bond acceptors (Lipinski definition) is 2. The van der Waals surface area contributed by atoms with Gasteiger partial charge in [0.05, 0.1) is 10.6 Å². The average molecular weight is 270 g/mol. The molecule has 3 nitrogen and oxygen atoms in total. The van der Waals surface area contributed by atoms with Crippen molar-refractivity contribution in [3.63, 3.8) is 0 Å². The molecule has 0 bridgehead atoms. The lowest BCUT2D eigenvalue weighted by atomic mass is 10.2. The number of amides is 1. The zero-order chi connectivity index (χ0) is 13.4. The maximum atomic E-state index is 12.0. The van der Waals surface area contributed by atoms with E-state index in [9.17, 15) is 4.79 Å². The molecule has 1 amide bonds. The molecule has 2 aromatic rings. The van der Waals surface area contributed by atoms with Crippen LogP contribution in [0.5, 0.6) is 0 Å². The lowest BCUT2D eigenvalue weighted by Gasteiger charge is -2.17. The highest BCUT2D eigenvalue weighted by Crippen LogP contribution is 2.38. The lowest BCUT2D eigenvalue weighted by molar-refractivity contribution is -0.112. The maximum absolute atomic E-state index is 12.0. The van der Waals surface area contributed by atoms with Gasteiger partial charge in [0.15, 0.2) is 0 Å². The Morgan fingerprint density at radius 2 is 2.00 bits per heavy atom. The molecule has 0 saturated heterocycles. The summed E-state index contributed by atoms with van der Waals surface area (Å²) in [6.45, 7) is 4.08. The number of aromatic nitrogens is 1. The minimum Gasteiger partial charge on any atom is -0.359 e. The number of nitrogens with one attached hydrogen (secondary N) is 2. The fraction of sp³-hybridized carbons (Fsp3) is 0.133.